The highest BCUT2D eigenvalue weighted by molar-refractivity contribution is 7.22. The Morgan fingerprint density at radius 3 is 1.36 bits per heavy atom. The Bertz CT molecular complexity index is 8100. The van der Waals surface area contributed by atoms with E-state index in [-0.39, 0.29) is 0 Å². The number of rotatable bonds is 17. The fraction of sp³-hybridized carbons (Fsp3) is 0.0761. The molecule has 20 aromatic heterocycles. The monoisotopic (exact) mass is 1890 g/mol. The van der Waals surface area contributed by atoms with Crippen molar-refractivity contribution in [3.05, 3.63) is 306 Å². The summed E-state index contributed by atoms with van der Waals surface area (Å²) in [7, 11) is 1.77. The topological polar surface area (TPSA) is 344 Å². The van der Waals surface area contributed by atoms with E-state index in [1.165, 1.54) is 41.4 Å². The van der Waals surface area contributed by atoms with E-state index in [9.17, 15) is 8.78 Å². The first-order valence-corrected chi connectivity index (χ1v) is 47.4. The number of hydrogen-bond donors (Lipinski definition) is 4. The van der Waals surface area contributed by atoms with Gasteiger partial charge in [-0.1, -0.05) is 127 Å². The standard InChI is InChI=1S/C20H15N5S.C19H14N6S.C18H12F2N6S2.C18H14N6OS2.C17H12N6S2/c1-13-17(25-12-6-5-9-15(25)23-13)20-24-16(14-7-3-2-4-8-14)18(26-20)19-21-10-11-22-19;1-12-16(25-14(23-12)8-5-9-22-25)19-24-15(13-6-3-2-4-7-13)17(26-19)18-20-10-11-21-18;1-9-13(18-26(23-9)5-6-27-18)17-22-14(10-3-4-11(19)12(20)7-10)15(28-17)16-21-8-25(2)24-16;1-11-13(18-24(23-11)7-8-26-18)17-21-16(14(27-17)15-19-10-20-22-15)25-9-12-5-3-2-4-6-12;1-10-12(17-23(22-10)7-8-24-17)16-20-13(11-5-3-2-4-6-11)14(25-16)15-18-9-19-21-15/h2-12H,1H3,(H,21,22);2-11H,1H3,(H,20,21);3-8H,1-2H3;2-8,10H,9H2,1H3,(H,19,20,22);2-9H,1H3,(H,18,19,21). The number of aryl methyl sites for hydroxylation is 6. The number of fused-ring (bicyclic) bond motifs is 5. The van der Waals surface area contributed by atoms with Crippen molar-refractivity contribution in [1.29, 1.82) is 0 Å². The normalized spacial score (nSPS) is 11.4. The summed E-state index contributed by atoms with van der Waals surface area (Å²) in [6, 6.07) is 54.2. The predicted molar refractivity (Wildman–Crippen MR) is 515 cm³/mol. The highest BCUT2D eigenvalue weighted by atomic mass is 32.1. The number of halogens is 2. The number of aromatic nitrogens is 29. The number of aromatic amines is 4. The van der Waals surface area contributed by atoms with Crippen molar-refractivity contribution in [2.75, 3.05) is 0 Å². The van der Waals surface area contributed by atoms with Crippen LogP contribution in [0.2, 0.25) is 0 Å². The molecule has 0 saturated carbocycles. The second kappa shape index (κ2) is 36.2. The maximum absolute atomic E-state index is 13.9. The third-order valence-electron chi connectivity index (χ3n) is 20.7. The van der Waals surface area contributed by atoms with Crippen LogP contribution in [-0.2, 0) is 13.7 Å². The van der Waals surface area contributed by atoms with E-state index in [0.29, 0.717) is 40.3 Å². The van der Waals surface area contributed by atoms with Gasteiger partial charge in [-0.3, -0.25) is 19.3 Å². The number of ether oxygens (including phenoxy) is 1. The van der Waals surface area contributed by atoms with Gasteiger partial charge in [-0.2, -0.15) is 35.7 Å². The predicted octanol–water partition coefficient (Wildman–Crippen LogP) is 22.1. The summed E-state index contributed by atoms with van der Waals surface area (Å²) in [5.74, 6) is 2.23. The zero-order chi connectivity index (χ0) is 89.5. The number of benzene rings is 5. The van der Waals surface area contributed by atoms with E-state index in [1.807, 2.05) is 221 Å². The van der Waals surface area contributed by atoms with E-state index in [4.69, 9.17) is 29.7 Å². The van der Waals surface area contributed by atoms with Crippen LogP contribution in [0.1, 0.15) is 34.0 Å². The largest absolute Gasteiger partial charge is 0.472 e. The molecule has 0 unspecified atom stereocenters. The number of thiazole rings is 8. The van der Waals surface area contributed by atoms with Crippen LogP contribution in [0.5, 0.6) is 5.88 Å². The third-order valence-corrected chi connectivity index (χ3v) is 28.7. The molecular weight excluding hydrogens is 1820 g/mol. The van der Waals surface area contributed by atoms with Gasteiger partial charge in [0.05, 0.1) is 82.6 Å². The molecular formula is C92H67F2N29OS8. The lowest BCUT2D eigenvalue weighted by Crippen LogP contribution is -1.96. The lowest BCUT2D eigenvalue weighted by atomic mass is 10.1. The van der Waals surface area contributed by atoms with Crippen LogP contribution in [0.15, 0.2) is 261 Å². The molecule has 0 saturated heterocycles. The molecule has 5 aromatic carbocycles. The first-order chi connectivity index (χ1) is 64.7. The minimum absolute atomic E-state index is 0.437. The van der Waals surface area contributed by atoms with E-state index >= 15 is 0 Å². The second-order valence-electron chi connectivity index (χ2n) is 29.4. The molecule has 0 aliphatic heterocycles. The van der Waals surface area contributed by atoms with Crippen molar-refractivity contribution < 1.29 is 13.5 Å². The van der Waals surface area contributed by atoms with Crippen molar-refractivity contribution in [1.82, 2.24) is 143 Å². The highest BCUT2D eigenvalue weighted by Crippen LogP contribution is 2.48. The van der Waals surface area contributed by atoms with Gasteiger partial charge in [0.25, 0.3) is 0 Å². The molecule has 40 heteroatoms. The van der Waals surface area contributed by atoms with Crippen LogP contribution in [0.25, 0.3) is 177 Å². The molecule has 4 N–H and O–H groups in total. The van der Waals surface area contributed by atoms with E-state index < -0.39 is 11.6 Å². The minimum Gasteiger partial charge on any atom is -0.472 e. The molecule has 0 fully saturated rings. The van der Waals surface area contributed by atoms with Crippen LogP contribution in [0.4, 0.5) is 8.78 Å². The van der Waals surface area contributed by atoms with Gasteiger partial charge in [-0.05, 0) is 82.6 Å². The van der Waals surface area contributed by atoms with Gasteiger partial charge in [-0.25, -0.2) is 86.7 Å². The van der Waals surface area contributed by atoms with Crippen LogP contribution >= 0.6 is 90.7 Å². The minimum atomic E-state index is -0.922. The average Bonchev–Trinajstić information content (AvgIpc) is 1.63. The summed E-state index contributed by atoms with van der Waals surface area (Å²) in [4.78, 5) is 69.6. The van der Waals surface area contributed by atoms with Gasteiger partial charge in [0.15, 0.2) is 34.8 Å². The van der Waals surface area contributed by atoms with Crippen molar-refractivity contribution >= 4 is 116 Å². The Hall–Kier alpha value is -15.4. The Labute approximate surface area is 778 Å². The molecule has 0 aliphatic rings. The number of imidazole rings is 4. The third kappa shape index (κ3) is 16.5. The van der Waals surface area contributed by atoms with Crippen molar-refractivity contribution in [3.8, 4) is 158 Å². The molecule has 25 rings (SSSR count). The molecule has 0 spiro atoms. The molecule has 0 aliphatic carbocycles. The van der Waals surface area contributed by atoms with E-state index in [1.54, 1.807) is 105 Å². The summed E-state index contributed by atoms with van der Waals surface area (Å²) in [6.45, 7) is 10.4. The van der Waals surface area contributed by atoms with Crippen molar-refractivity contribution in [3.63, 3.8) is 0 Å². The molecule has 25 aromatic rings. The number of nitrogens with one attached hydrogen (secondary N) is 4. The van der Waals surface area contributed by atoms with Crippen LogP contribution in [0, 0.1) is 46.3 Å². The summed E-state index contributed by atoms with van der Waals surface area (Å²) < 4.78 is 44.5. The number of pyridine rings is 1. The maximum Gasteiger partial charge on any atom is 0.236 e. The van der Waals surface area contributed by atoms with Gasteiger partial charge in [0.2, 0.25) is 5.88 Å². The zero-order valence-electron chi connectivity index (χ0n) is 70.1. The highest BCUT2D eigenvalue weighted by Gasteiger charge is 2.30. The number of nitrogens with zero attached hydrogens (tertiary/aromatic N) is 25. The molecule has 0 amide bonds. The van der Waals surface area contributed by atoms with Gasteiger partial charge in [-0.15, -0.1) is 90.7 Å². The van der Waals surface area contributed by atoms with Gasteiger partial charge in [0.1, 0.15) is 104 Å². The van der Waals surface area contributed by atoms with Gasteiger partial charge < -0.3 is 14.7 Å². The summed E-state index contributed by atoms with van der Waals surface area (Å²) >= 11 is 12.7. The Kier molecular flexibility index (Phi) is 22.9. The summed E-state index contributed by atoms with van der Waals surface area (Å²) in [6.07, 6.45) is 21.4. The maximum atomic E-state index is 13.9. The van der Waals surface area contributed by atoms with E-state index in [2.05, 4.69) is 132 Å². The molecule has 20 heterocycles. The quantitative estimate of drug-likeness (QED) is 0.0658. The number of H-pyrrole nitrogens is 4. The van der Waals surface area contributed by atoms with Crippen LogP contribution in [0.3, 0.4) is 0 Å². The van der Waals surface area contributed by atoms with Crippen LogP contribution in [-0.4, -0.2) is 143 Å². The average molecular weight is 1890 g/mol. The fourth-order valence-corrected chi connectivity index (χ4v) is 23.2. The zero-order valence-corrected chi connectivity index (χ0v) is 76.7. The van der Waals surface area contributed by atoms with E-state index in [0.717, 1.165) is 196 Å². The molecule has 648 valence electrons. The Balaban J connectivity index is 0.0000000995. The fourth-order valence-electron chi connectivity index (χ4n) is 14.8. The summed E-state index contributed by atoms with van der Waals surface area (Å²) in [5.41, 5.74) is 19.4. The first-order valence-electron chi connectivity index (χ1n) is 40.7. The second-order valence-corrected chi connectivity index (χ2v) is 37.1. The Morgan fingerprint density at radius 2 is 0.848 bits per heavy atom. The summed E-state index contributed by atoms with van der Waals surface area (Å²) in [5, 5.41) is 46.7. The molecule has 0 bridgehead atoms. The van der Waals surface area contributed by atoms with Gasteiger partial charge >= 0.3 is 0 Å². The lowest BCUT2D eigenvalue weighted by Gasteiger charge is -2.04. The molecule has 0 atom stereocenters. The smallest absolute Gasteiger partial charge is 0.236 e. The first kappa shape index (κ1) is 83.5. The number of hydrogen-bond acceptors (Lipinski definition) is 28. The van der Waals surface area contributed by atoms with Crippen molar-refractivity contribution in [2.45, 2.75) is 41.2 Å². The Morgan fingerprint density at radius 1 is 0.386 bits per heavy atom. The molecule has 0 radical (unpaired) electrons. The van der Waals surface area contributed by atoms with Gasteiger partial charge in [0, 0.05) is 101 Å². The molecule has 132 heavy (non-hydrogen) atoms. The molecule has 30 nitrogen and oxygen atoms in total. The van der Waals surface area contributed by atoms with Crippen LogP contribution < -0.4 is 4.74 Å². The SMILES string of the molecule is Cc1nc2ccccn2c1-c1nc(-c2ccccc2)c(-c2ncc[nH]2)s1.Cc1nc2cccnn2c1-c1nc(-c2ccccc2)c(-c2ncc[nH]2)s1.Cc1nn2ccsc2c1-c1nc(-c2ccc(F)c(F)c2)c(-c2ncn(C)n2)s1.Cc1nn2ccsc2c1-c1nc(-c2ccccc2)c(-c2ncn[nH]2)s1.Cc1nn2ccsc2c1-c1nc(OCc2ccccc2)c(-c2ncn[nH]2)s1. The van der Waals surface area contributed by atoms with Crippen molar-refractivity contribution in [2.24, 2.45) is 7.05 Å². The lowest BCUT2D eigenvalue weighted by molar-refractivity contribution is 0.297.